The van der Waals surface area contributed by atoms with Gasteiger partial charge in [-0.2, -0.15) is 0 Å². The first-order valence-electron chi connectivity index (χ1n) is 5.29. The first-order valence-corrected chi connectivity index (χ1v) is 5.29. The van der Waals surface area contributed by atoms with Gasteiger partial charge in [0.2, 0.25) is 0 Å². The van der Waals surface area contributed by atoms with Gasteiger partial charge in [0.1, 0.15) is 5.75 Å². The molecule has 0 atom stereocenters. The second kappa shape index (κ2) is 6.71. The minimum Gasteiger partial charge on any atom is -0.494 e. The highest BCUT2D eigenvalue weighted by atomic mass is 16.5. The molecule has 4 heteroatoms. The summed E-state index contributed by atoms with van der Waals surface area (Å²) in [5.41, 5.74) is 1.15. The van der Waals surface area contributed by atoms with Crippen molar-refractivity contribution in [3.63, 3.8) is 0 Å². The van der Waals surface area contributed by atoms with Crippen molar-refractivity contribution in [1.82, 2.24) is 5.32 Å². The number of benzene rings is 1. The van der Waals surface area contributed by atoms with Crippen LogP contribution in [0.25, 0.3) is 0 Å². The van der Waals surface area contributed by atoms with E-state index in [0.29, 0.717) is 13.2 Å². The van der Waals surface area contributed by atoms with E-state index in [9.17, 15) is 4.79 Å². The van der Waals surface area contributed by atoms with Crippen LogP contribution in [0, 0.1) is 0 Å². The van der Waals surface area contributed by atoms with E-state index in [1.54, 1.807) is 0 Å². The van der Waals surface area contributed by atoms with Crippen molar-refractivity contribution in [1.29, 1.82) is 0 Å². The van der Waals surface area contributed by atoms with Crippen LogP contribution in [0.5, 0.6) is 5.75 Å². The van der Waals surface area contributed by atoms with Crippen molar-refractivity contribution in [2.75, 3.05) is 20.3 Å². The fraction of sp³-hybridized carbons (Fsp3) is 0.417. The number of rotatable bonds is 5. The number of alkyl carbamates (subject to hydrolysis) is 1. The number of amides is 1. The molecule has 16 heavy (non-hydrogen) atoms. The van der Waals surface area contributed by atoms with E-state index in [2.05, 4.69) is 10.1 Å². The molecule has 0 radical (unpaired) electrons. The average Bonchev–Trinajstić information content (AvgIpc) is 2.31. The summed E-state index contributed by atoms with van der Waals surface area (Å²) in [4.78, 5) is 10.8. The normalized spacial score (nSPS) is 9.62. The molecule has 0 spiro atoms. The van der Waals surface area contributed by atoms with E-state index in [1.807, 2.05) is 31.2 Å². The topological polar surface area (TPSA) is 47.6 Å². The SMILES string of the molecule is CCOc1ccc(CCNC(=O)OC)cc1. The quantitative estimate of drug-likeness (QED) is 0.830. The highest BCUT2D eigenvalue weighted by Gasteiger charge is 1.98. The van der Waals surface area contributed by atoms with E-state index in [0.717, 1.165) is 17.7 Å². The lowest BCUT2D eigenvalue weighted by Crippen LogP contribution is -2.25. The Morgan fingerprint density at radius 3 is 2.56 bits per heavy atom. The van der Waals surface area contributed by atoms with Gasteiger partial charge in [-0.15, -0.1) is 0 Å². The molecule has 0 saturated carbocycles. The first-order chi connectivity index (χ1) is 7.76. The Kier molecular flexibility index (Phi) is 5.19. The lowest BCUT2D eigenvalue weighted by molar-refractivity contribution is 0.171. The Labute approximate surface area is 95.6 Å². The Bertz CT molecular complexity index is 322. The summed E-state index contributed by atoms with van der Waals surface area (Å²) in [6.07, 6.45) is 0.382. The van der Waals surface area contributed by atoms with Gasteiger partial charge >= 0.3 is 6.09 Å². The predicted octanol–water partition coefficient (Wildman–Crippen LogP) is 1.98. The second-order valence-electron chi connectivity index (χ2n) is 3.25. The summed E-state index contributed by atoms with van der Waals surface area (Å²) in [5.74, 6) is 0.868. The van der Waals surface area contributed by atoms with Crippen LogP contribution in [0.2, 0.25) is 0 Å². The number of nitrogens with one attached hydrogen (secondary N) is 1. The minimum atomic E-state index is -0.397. The Hall–Kier alpha value is -1.71. The molecule has 1 amide bonds. The lowest BCUT2D eigenvalue weighted by Gasteiger charge is -2.05. The van der Waals surface area contributed by atoms with Gasteiger partial charge in [0.15, 0.2) is 0 Å². The van der Waals surface area contributed by atoms with Gasteiger partial charge in [0.05, 0.1) is 13.7 Å². The maximum Gasteiger partial charge on any atom is 0.406 e. The van der Waals surface area contributed by atoms with Crippen molar-refractivity contribution >= 4 is 6.09 Å². The number of hydrogen-bond donors (Lipinski definition) is 1. The van der Waals surface area contributed by atoms with Crippen LogP contribution in [0.15, 0.2) is 24.3 Å². The fourth-order valence-corrected chi connectivity index (χ4v) is 1.30. The Morgan fingerprint density at radius 2 is 2.00 bits per heavy atom. The standard InChI is InChI=1S/C12H17NO3/c1-3-16-11-6-4-10(5-7-11)8-9-13-12(14)15-2/h4-7H,3,8-9H2,1-2H3,(H,13,14). The fourth-order valence-electron chi connectivity index (χ4n) is 1.30. The molecule has 0 aliphatic carbocycles. The van der Waals surface area contributed by atoms with Crippen molar-refractivity contribution in [3.8, 4) is 5.75 Å². The van der Waals surface area contributed by atoms with E-state index >= 15 is 0 Å². The zero-order valence-electron chi connectivity index (χ0n) is 9.66. The maximum absolute atomic E-state index is 10.8. The molecular weight excluding hydrogens is 206 g/mol. The average molecular weight is 223 g/mol. The zero-order chi connectivity index (χ0) is 11.8. The third-order valence-electron chi connectivity index (χ3n) is 2.10. The van der Waals surface area contributed by atoms with Crippen LogP contribution in [0.1, 0.15) is 12.5 Å². The molecule has 1 rings (SSSR count). The summed E-state index contributed by atoms with van der Waals surface area (Å²) in [6.45, 7) is 3.19. The molecule has 1 aromatic carbocycles. The molecule has 0 heterocycles. The highest BCUT2D eigenvalue weighted by molar-refractivity contribution is 5.66. The summed E-state index contributed by atoms with van der Waals surface area (Å²) in [6, 6.07) is 7.84. The third kappa shape index (κ3) is 4.21. The largest absolute Gasteiger partial charge is 0.494 e. The maximum atomic E-state index is 10.8. The predicted molar refractivity (Wildman–Crippen MR) is 61.7 cm³/mol. The van der Waals surface area contributed by atoms with Crippen molar-refractivity contribution < 1.29 is 14.3 Å². The lowest BCUT2D eigenvalue weighted by atomic mass is 10.1. The molecule has 1 N–H and O–H groups in total. The number of carbonyl (C=O) groups is 1. The minimum absolute atomic E-state index is 0.397. The molecule has 0 saturated heterocycles. The Morgan fingerprint density at radius 1 is 1.31 bits per heavy atom. The van der Waals surface area contributed by atoms with Crippen LogP contribution in [0.3, 0.4) is 0 Å². The summed E-state index contributed by atoms with van der Waals surface area (Å²) in [7, 11) is 1.35. The molecule has 0 aliphatic heterocycles. The van der Waals surface area contributed by atoms with Crippen LogP contribution in [-0.2, 0) is 11.2 Å². The summed E-state index contributed by atoms with van der Waals surface area (Å²) >= 11 is 0. The van der Waals surface area contributed by atoms with Crippen LogP contribution >= 0.6 is 0 Å². The van der Waals surface area contributed by atoms with Gasteiger partial charge in [-0.3, -0.25) is 0 Å². The molecule has 0 fully saturated rings. The zero-order valence-corrected chi connectivity index (χ0v) is 9.66. The van der Waals surface area contributed by atoms with Gasteiger partial charge in [-0.1, -0.05) is 12.1 Å². The van der Waals surface area contributed by atoms with E-state index < -0.39 is 6.09 Å². The summed E-state index contributed by atoms with van der Waals surface area (Å²) < 4.78 is 9.80. The molecule has 88 valence electrons. The van der Waals surface area contributed by atoms with Crippen molar-refractivity contribution in [2.24, 2.45) is 0 Å². The monoisotopic (exact) mass is 223 g/mol. The highest BCUT2D eigenvalue weighted by Crippen LogP contribution is 2.12. The molecule has 0 aliphatic rings. The van der Waals surface area contributed by atoms with Gasteiger partial charge in [-0.05, 0) is 31.0 Å². The van der Waals surface area contributed by atoms with Crippen LogP contribution in [-0.4, -0.2) is 26.4 Å². The number of carbonyl (C=O) groups excluding carboxylic acids is 1. The molecular formula is C12H17NO3. The van der Waals surface area contributed by atoms with Gasteiger partial charge in [-0.25, -0.2) is 4.79 Å². The summed E-state index contributed by atoms with van der Waals surface area (Å²) in [5, 5.41) is 2.63. The number of methoxy groups -OCH3 is 1. The first kappa shape index (κ1) is 12.4. The van der Waals surface area contributed by atoms with E-state index in [-0.39, 0.29) is 0 Å². The molecule has 1 aromatic rings. The smallest absolute Gasteiger partial charge is 0.406 e. The van der Waals surface area contributed by atoms with Crippen LogP contribution in [0.4, 0.5) is 4.79 Å². The molecule has 0 unspecified atom stereocenters. The third-order valence-corrected chi connectivity index (χ3v) is 2.10. The Balaban J connectivity index is 2.34. The van der Waals surface area contributed by atoms with Gasteiger partial charge < -0.3 is 14.8 Å². The van der Waals surface area contributed by atoms with Crippen molar-refractivity contribution in [3.05, 3.63) is 29.8 Å². The molecule has 0 bridgehead atoms. The number of ether oxygens (including phenoxy) is 2. The van der Waals surface area contributed by atoms with Gasteiger partial charge in [0, 0.05) is 6.54 Å². The van der Waals surface area contributed by atoms with Crippen molar-refractivity contribution in [2.45, 2.75) is 13.3 Å². The molecule has 4 nitrogen and oxygen atoms in total. The van der Waals surface area contributed by atoms with E-state index in [4.69, 9.17) is 4.74 Å². The molecule has 0 aromatic heterocycles. The van der Waals surface area contributed by atoms with E-state index in [1.165, 1.54) is 7.11 Å². The number of hydrogen-bond acceptors (Lipinski definition) is 3. The van der Waals surface area contributed by atoms with Crippen LogP contribution < -0.4 is 10.1 Å². The second-order valence-corrected chi connectivity index (χ2v) is 3.25. The van der Waals surface area contributed by atoms with Gasteiger partial charge in [0.25, 0.3) is 0 Å².